The minimum Gasteiger partial charge on any atom is -0.387 e. The standard InChI is InChI=1S/C14H24N2OS/c1-2-6-16-7-3-13(4-8-16)15-10-14(17)12-5-9-18-11-12/h5,9,11,13-15,17H,2-4,6-8,10H2,1H3. The lowest BCUT2D eigenvalue weighted by Crippen LogP contribution is -2.43. The molecule has 0 bridgehead atoms. The average molecular weight is 268 g/mol. The van der Waals surface area contributed by atoms with Gasteiger partial charge in [0.05, 0.1) is 6.10 Å². The van der Waals surface area contributed by atoms with Crippen molar-refractivity contribution in [1.29, 1.82) is 0 Å². The maximum Gasteiger partial charge on any atom is 0.0922 e. The van der Waals surface area contributed by atoms with E-state index in [0.717, 1.165) is 5.56 Å². The van der Waals surface area contributed by atoms with E-state index in [9.17, 15) is 5.11 Å². The predicted molar refractivity (Wildman–Crippen MR) is 77.0 cm³/mol. The maximum atomic E-state index is 10.0. The third-order valence-electron chi connectivity index (χ3n) is 3.66. The minimum absolute atomic E-state index is 0.357. The lowest BCUT2D eigenvalue weighted by Gasteiger charge is -2.32. The molecule has 102 valence electrons. The van der Waals surface area contributed by atoms with Crippen LogP contribution < -0.4 is 5.32 Å². The van der Waals surface area contributed by atoms with Crippen LogP contribution >= 0.6 is 11.3 Å². The molecule has 2 heterocycles. The molecule has 1 aromatic rings. The normalized spacial score (nSPS) is 20.1. The molecule has 18 heavy (non-hydrogen) atoms. The molecular weight excluding hydrogens is 244 g/mol. The molecular formula is C14H24N2OS. The molecule has 2 N–H and O–H groups in total. The van der Waals surface area contributed by atoms with Crippen molar-refractivity contribution in [3.05, 3.63) is 22.4 Å². The van der Waals surface area contributed by atoms with Gasteiger partial charge in [0, 0.05) is 12.6 Å². The highest BCUT2D eigenvalue weighted by atomic mass is 32.1. The molecule has 0 saturated carbocycles. The van der Waals surface area contributed by atoms with E-state index in [1.165, 1.54) is 38.9 Å². The molecule has 0 aromatic carbocycles. The van der Waals surface area contributed by atoms with Gasteiger partial charge in [0.2, 0.25) is 0 Å². The summed E-state index contributed by atoms with van der Waals surface area (Å²) in [5.41, 5.74) is 1.04. The number of likely N-dealkylation sites (tertiary alicyclic amines) is 1. The van der Waals surface area contributed by atoms with Gasteiger partial charge in [-0.25, -0.2) is 0 Å². The van der Waals surface area contributed by atoms with Crippen LogP contribution in [0, 0.1) is 0 Å². The molecule has 1 aliphatic rings. The third-order valence-corrected chi connectivity index (χ3v) is 4.36. The first-order chi connectivity index (χ1) is 8.79. The van der Waals surface area contributed by atoms with Gasteiger partial charge < -0.3 is 15.3 Å². The summed E-state index contributed by atoms with van der Waals surface area (Å²) in [5, 5.41) is 17.5. The summed E-state index contributed by atoms with van der Waals surface area (Å²) < 4.78 is 0. The van der Waals surface area contributed by atoms with Gasteiger partial charge in [0.15, 0.2) is 0 Å². The zero-order valence-corrected chi connectivity index (χ0v) is 12.0. The zero-order valence-electron chi connectivity index (χ0n) is 11.1. The Kier molecular flexibility index (Phi) is 5.63. The average Bonchev–Trinajstić information content (AvgIpc) is 2.92. The van der Waals surface area contributed by atoms with Gasteiger partial charge >= 0.3 is 0 Å². The van der Waals surface area contributed by atoms with Crippen LogP contribution in [0.4, 0.5) is 0 Å². The Labute approximate surface area is 114 Å². The summed E-state index contributed by atoms with van der Waals surface area (Å²) in [5.74, 6) is 0. The van der Waals surface area contributed by atoms with E-state index in [2.05, 4.69) is 17.1 Å². The summed E-state index contributed by atoms with van der Waals surface area (Å²) in [4.78, 5) is 2.54. The Bertz CT molecular complexity index is 321. The van der Waals surface area contributed by atoms with Gasteiger partial charge in [-0.3, -0.25) is 0 Å². The van der Waals surface area contributed by atoms with E-state index in [1.807, 2.05) is 16.8 Å². The molecule has 1 aromatic heterocycles. The summed E-state index contributed by atoms with van der Waals surface area (Å²) >= 11 is 1.64. The van der Waals surface area contributed by atoms with Crippen LogP contribution in [0.3, 0.4) is 0 Å². The van der Waals surface area contributed by atoms with Crippen LogP contribution in [0.2, 0.25) is 0 Å². The number of rotatable bonds is 6. The van der Waals surface area contributed by atoms with Crippen molar-refractivity contribution in [3.8, 4) is 0 Å². The first-order valence-corrected chi connectivity index (χ1v) is 7.89. The van der Waals surface area contributed by atoms with E-state index in [0.29, 0.717) is 12.6 Å². The van der Waals surface area contributed by atoms with E-state index >= 15 is 0 Å². The maximum absolute atomic E-state index is 10.0. The molecule has 0 aliphatic carbocycles. The van der Waals surface area contributed by atoms with Crippen molar-refractivity contribution in [2.24, 2.45) is 0 Å². The Morgan fingerprint density at radius 2 is 2.28 bits per heavy atom. The van der Waals surface area contributed by atoms with Gasteiger partial charge in [-0.2, -0.15) is 11.3 Å². The number of nitrogens with zero attached hydrogens (tertiary/aromatic N) is 1. The molecule has 1 fully saturated rings. The van der Waals surface area contributed by atoms with Crippen LogP contribution in [0.1, 0.15) is 37.9 Å². The second-order valence-electron chi connectivity index (χ2n) is 5.10. The molecule has 0 spiro atoms. The molecule has 3 nitrogen and oxygen atoms in total. The first kappa shape index (κ1) is 14.0. The third kappa shape index (κ3) is 4.05. The summed E-state index contributed by atoms with van der Waals surface area (Å²) in [6.07, 6.45) is 3.30. The van der Waals surface area contributed by atoms with E-state index in [4.69, 9.17) is 0 Å². The van der Waals surface area contributed by atoms with Gasteiger partial charge in [-0.1, -0.05) is 6.92 Å². The largest absolute Gasteiger partial charge is 0.387 e. The Morgan fingerprint density at radius 3 is 2.89 bits per heavy atom. The molecule has 1 unspecified atom stereocenters. The Morgan fingerprint density at radius 1 is 1.50 bits per heavy atom. The molecule has 1 saturated heterocycles. The molecule has 1 aliphatic heterocycles. The van der Waals surface area contributed by atoms with Crippen LogP contribution in [0.5, 0.6) is 0 Å². The number of thiophene rings is 1. The highest BCUT2D eigenvalue weighted by molar-refractivity contribution is 7.07. The highest BCUT2D eigenvalue weighted by Gasteiger charge is 2.19. The van der Waals surface area contributed by atoms with Crippen LogP contribution in [-0.4, -0.2) is 42.2 Å². The highest BCUT2D eigenvalue weighted by Crippen LogP contribution is 2.16. The van der Waals surface area contributed by atoms with Crippen LogP contribution in [-0.2, 0) is 0 Å². The lowest BCUT2D eigenvalue weighted by molar-refractivity contribution is 0.152. The lowest BCUT2D eigenvalue weighted by atomic mass is 10.0. The molecule has 1 atom stereocenters. The quantitative estimate of drug-likeness (QED) is 0.830. The molecule has 2 rings (SSSR count). The smallest absolute Gasteiger partial charge is 0.0922 e. The Balaban J connectivity index is 1.66. The number of aliphatic hydroxyl groups is 1. The number of aliphatic hydroxyl groups excluding tert-OH is 1. The van der Waals surface area contributed by atoms with Gasteiger partial charge in [0.1, 0.15) is 0 Å². The molecule has 0 amide bonds. The zero-order chi connectivity index (χ0) is 12.8. The van der Waals surface area contributed by atoms with E-state index in [-0.39, 0.29) is 6.10 Å². The number of nitrogens with one attached hydrogen (secondary N) is 1. The van der Waals surface area contributed by atoms with E-state index < -0.39 is 0 Å². The fourth-order valence-corrected chi connectivity index (χ4v) is 3.24. The molecule has 0 radical (unpaired) electrons. The van der Waals surface area contributed by atoms with Crippen molar-refractivity contribution in [3.63, 3.8) is 0 Å². The van der Waals surface area contributed by atoms with Crippen molar-refractivity contribution in [1.82, 2.24) is 10.2 Å². The van der Waals surface area contributed by atoms with Gasteiger partial charge in [-0.15, -0.1) is 0 Å². The van der Waals surface area contributed by atoms with Crippen molar-refractivity contribution >= 4 is 11.3 Å². The van der Waals surface area contributed by atoms with Gasteiger partial charge in [-0.05, 0) is 61.3 Å². The van der Waals surface area contributed by atoms with Crippen molar-refractivity contribution < 1.29 is 5.11 Å². The minimum atomic E-state index is -0.357. The first-order valence-electron chi connectivity index (χ1n) is 6.95. The second-order valence-corrected chi connectivity index (χ2v) is 5.88. The van der Waals surface area contributed by atoms with Crippen LogP contribution in [0.25, 0.3) is 0 Å². The molecule has 4 heteroatoms. The predicted octanol–water partition coefficient (Wildman–Crippen LogP) is 2.25. The van der Waals surface area contributed by atoms with Crippen molar-refractivity contribution in [2.45, 2.75) is 38.3 Å². The fraction of sp³-hybridized carbons (Fsp3) is 0.714. The topological polar surface area (TPSA) is 35.5 Å². The number of hydrogen-bond acceptors (Lipinski definition) is 4. The Hall–Kier alpha value is -0.420. The van der Waals surface area contributed by atoms with Gasteiger partial charge in [0.25, 0.3) is 0 Å². The number of piperidine rings is 1. The van der Waals surface area contributed by atoms with E-state index in [1.54, 1.807) is 11.3 Å². The fourth-order valence-electron chi connectivity index (χ4n) is 2.54. The number of hydrogen-bond donors (Lipinski definition) is 2. The summed E-state index contributed by atoms with van der Waals surface area (Å²) in [7, 11) is 0. The van der Waals surface area contributed by atoms with Crippen molar-refractivity contribution in [2.75, 3.05) is 26.2 Å². The summed E-state index contributed by atoms with van der Waals surface area (Å²) in [6, 6.07) is 2.58. The monoisotopic (exact) mass is 268 g/mol. The second kappa shape index (κ2) is 7.24. The summed E-state index contributed by atoms with van der Waals surface area (Å²) in [6.45, 7) is 6.53. The SMILES string of the molecule is CCCN1CCC(NCC(O)c2ccsc2)CC1. The van der Waals surface area contributed by atoms with Crippen LogP contribution in [0.15, 0.2) is 16.8 Å².